The zero-order valence-electron chi connectivity index (χ0n) is 18.8. The van der Waals surface area contributed by atoms with Crippen LogP contribution in [-0.2, 0) is 17.1 Å². The predicted molar refractivity (Wildman–Crippen MR) is 123 cm³/mol. The molecule has 0 atom stereocenters. The zero-order valence-corrected chi connectivity index (χ0v) is 20.4. The number of carbonyl (C=O) groups excluding carboxylic acids is 1. The molecule has 0 spiro atoms. The molecule has 1 N–H and O–H groups in total. The van der Waals surface area contributed by atoms with Gasteiger partial charge >= 0.3 is 0 Å². The molecule has 0 aliphatic heterocycles. The molecule has 5 rings (SSSR count). The fraction of sp³-hybridized carbons (Fsp3) is 0.455. The fourth-order valence-corrected chi connectivity index (χ4v) is 6.57. The third-order valence-corrected chi connectivity index (χ3v) is 8.54. The number of carbonyl (C=O) groups is 1. The van der Waals surface area contributed by atoms with Crippen molar-refractivity contribution in [3.8, 4) is 11.7 Å². The molecule has 0 radical (unpaired) electrons. The van der Waals surface area contributed by atoms with Crippen LogP contribution < -0.4 is 9.46 Å². The number of nitrogens with one attached hydrogen (secondary N) is 1. The highest BCUT2D eigenvalue weighted by Gasteiger charge is 2.41. The van der Waals surface area contributed by atoms with E-state index in [9.17, 15) is 13.2 Å². The van der Waals surface area contributed by atoms with Crippen LogP contribution in [0.1, 0.15) is 41.7 Å². The number of aromatic nitrogens is 5. The molecule has 2 bridgehead atoms. The molecule has 2 aliphatic rings. The van der Waals surface area contributed by atoms with E-state index in [4.69, 9.17) is 16.3 Å². The minimum absolute atomic E-state index is 0.0733. The van der Waals surface area contributed by atoms with Gasteiger partial charge in [0.05, 0.1) is 17.9 Å². The molecule has 3 aromatic heterocycles. The molecule has 3 aromatic rings. The Morgan fingerprint density at radius 2 is 1.88 bits per heavy atom. The smallest absolute Gasteiger partial charge is 0.268 e. The Hall–Kier alpha value is -2.92. The third-order valence-electron chi connectivity index (χ3n) is 6.81. The molecule has 0 unspecified atom stereocenters. The summed E-state index contributed by atoms with van der Waals surface area (Å²) < 4.78 is 36.0. The molecule has 1 amide bonds. The van der Waals surface area contributed by atoms with Crippen molar-refractivity contribution < 1.29 is 17.9 Å². The van der Waals surface area contributed by atoms with E-state index in [0.717, 1.165) is 11.8 Å². The molecular weight excluding hydrogens is 480 g/mol. The first-order valence-electron chi connectivity index (χ1n) is 11.1. The van der Waals surface area contributed by atoms with Gasteiger partial charge in [0.25, 0.3) is 15.9 Å². The monoisotopic (exact) mass is 504 g/mol. The van der Waals surface area contributed by atoms with Crippen LogP contribution in [0.3, 0.4) is 0 Å². The van der Waals surface area contributed by atoms with E-state index in [1.54, 1.807) is 26.2 Å². The van der Waals surface area contributed by atoms with Gasteiger partial charge in [-0.3, -0.25) is 9.48 Å². The molecular formula is C22H25ClN6O4S. The van der Waals surface area contributed by atoms with Gasteiger partial charge in [0, 0.05) is 25.5 Å². The number of ether oxygens (including phenoxy) is 1. The molecule has 0 aromatic carbocycles. The standard InChI is InChI=1S/C22H25ClN6O4S/c1-13-18(11-28(2)25-13)34(31,32)27-22(30)16-7-8-19(24-21(16)23)29-10-9-20(26-29)33-12-17-14-3-4-15(17)6-5-14/h7-11,14-15,17H,3-6,12H2,1-2H3,(H,27,30). The summed E-state index contributed by atoms with van der Waals surface area (Å²) in [5, 5.41) is 8.26. The lowest BCUT2D eigenvalue weighted by molar-refractivity contribution is 0.0981. The van der Waals surface area contributed by atoms with Crippen LogP contribution in [0.4, 0.5) is 0 Å². The van der Waals surface area contributed by atoms with Gasteiger partial charge in [0.15, 0.2) is 5.82 Å². The highest BCUT2D eigenvalue weighted by atomic mass is 35.5. The van der Waals surface area contributed by atoms with Crippen molar-refractivity contribution in [2.24, 2.45) is 24.8 Å². The van der Waals surface area contributed by atoms with E-state index in [2.05, 4.69) is 15.2 Å². The maximum absolute atomic E-state index is 12.6. The number of halogens is 1. The number of hydrogen-bond acceptors (Lipinski definition) is 7. The van der Waals surface area contributed by atoms with E-state index in [1.807, 2.05) is 4.72 Å². The summed E-state index contributed by atoms with van der Waals surface area (Å²) in [5.41, 5.74) is 0.204. The minimum Gasteiger partial charge on any atom is -0.476 e. The van der Waals surface area contributed by atoms with Crippen molar-refractivity contribution in [2.75, 3.05) is 6.61 Å². The second-order valence-corrected chi connectivity index (χ2v) is 11.0. The molecule has 10 nitrogen and oxygen atoms in total. The number of aryl methyl sites for hydroxylation is 2. The zero-order chi connectivity index (χ0) is 24.0. The number of hydrogen-bond donors (Lipinski definition) is 1. The SMILES string of the molecule is Cc1nn(C)cc1S(=O)(=O)NC(=O)c1ccc(-n2ccc(OCC3C4CCC3CC4)n2)nc1Cl. The molecule has 180 valence electrons. The number of rotatable bonds is 7. The van der Waals surface area contributed by atoms with E-state index in [1.165, 1.54) is 53.4 Å². The first-order chi connectivity index (χ1) is 16.2. The minimum atomic E-state index is -4.11. The molecule has 2 saturated carbocycles. The lowest BCUT2D eigenvalue weighted by Gasteiger charge is -2.14. The summed E-state index contributed by atoms with van der Waals surface area (Å²) in [7, 11) is -2.52. The maximum Gasteiger partial charge on any atom is 0.268 e. The van der Waals surface area contributed by atoms with Gasteiger partial charge in [-0.25, -0.2) is 22.8 Å². The van der Waals surface area contributed by atoms with E-state index < -0.39 is 15.9 Å². The highest BCUT2D eigenvalue weighted by molar-refractivity contribution is 7.90. The van der Waals surface area contributed by atoms with E-state index in [-0.39, 0.29) is 21.3 Å². The lowest BCUT2D eigenvalue weighted by Crippen LogP contribution is -2.31. The van der Waals surface area contributed by atoms with E-state index >= 15 is 0 Å². The van der Waals surface area contributed by atoms with Crippen LogP contribution in [0, 0.1) is 24.7 Å². The predicted octanol–water partition coefficient (Wildman–Crippen LogP) is 2.90. The third kappa shape index (κ3) is 4.29. The molecule has 2 fully saturated rings. The summed E-state index contributed by atoms with van der Waals surface area (Å²) in [6, 6.07) is 4.70. The lowest BCUT2D eigenvalue weighted by atomic mass is 9.99. The highest BCUT2D eigenvalue weighted by Crippen LogP contribution is 2.49. The quantitative estimate of drug-likeness (QED) is 0.491. The van der Waals surface area contributed by atoms with Crippen molar-refractivity contribution in [2.45, 2.75) is 37.5 Å². The summed E-state index contributed by atoms with van der Waals surface area (Å²) in [6.07, 6.45) is 8.24. The second-order valence-electron chi connectivity index (χ2n) is 8.94. The van der Waals surface area contributed by atoms with Crippen molar-refractivity contribution in [3.05, 3.63) is 47.0 Å². The summed E-state index contributed by atoms with van der Waals surface area (Å²) in [4.78, 5) is 16.7. The molecule has 0 saturated heterocycles. The van der Waals surface area contributed by atoms with Gasteiger partial charge in [-0.1, -0.05) is 11.6 Å². The second kappa shape index (κ2) is 8.70. The van der Waals surface area contributed by atoms with Crippen LogP contribution in [0.5, 0.6) is 5.88 Å². The normalized spacial score (nSPS) is 21.7. The van der Waals surface area contributed by atoms with Gasteiger partial charge in [-0.05, 0) is 62.5 Å². The fourth-order valence-electron chi connectivity index (χ4n) is 5.15. The Bertz CT molecular complexity index is 1330. The van der Waals surface area contributed by atoms with Crippen LogP contribution >= 0.6 is 11.6 Å². The molecule has 2 aliphatic carbocycles. The van der Waals surface area contributed by atoms with Crippen molar-refractivity contribution in [3.63, 3.8) is 0 Å². The largest absolute Gasteiger partial charge is 0.476 e. The van der Waals surface area contributed by atoms with E-state index in [0.29, 0.717) is 24.2 Å². The van der Waals surface area contributed by atoms with Gasteiger partial charge in [-0.15, -0.1) is 5.10 Å². The Kier molecular flexibility index (Phi) is 5.85. The van der Waals surface area contributed by atoms with Gasteiger partial charge in [-0.2, -0.15) is 5.10 Å². The Balaban J connectivity index is 1.26. The first kappa shape index (κ1) is 22.9. The molecule has 34 heavy (non-hydrogen) atoms. The molecule has 3 heterocycles. The average Bonchev–Trinajstić information content (AvgIpc) is 3.56. The Labute approximate surface area is 202 Å². The summed E-state index contributed by atoms with van der Waals surface area (Å²) in [6.45, 7) is 2.22. The van der Waals surface area contributed by atoms with Crippen LogP contribution in [0.25, 0.3) is 5.82 Å². The van der Waals surface area contributed by atoms with Crippen LogP contribution in [0.15, 0.2) is 35.5 Å². The van der Waals surface area contributed by atoms with Crippen LogP contribution in [-0.4, -0.2) is 45.5 Å². The van der Waals surface area contributed by atoms with Crippen molar-refractivity contribution in [1.82, 2.24) is 29.3 Å². The number of sulfonamides is 1. The van der Waals surface area contributed by atoms with Gasteiger partial charge in [0.2, 0.25) is 5.88 Å². The van der Waals surface area contributed by atoms with Crippen LogP contribution in [0.2, 0.25) is 5.15 Å². The molecule has 12 heteroatoms. The average molecular weight is 505 g/mol. The van der Waals surface area contributed by atoms with Crippen molar-refractivity contribution >= 4 is 27.5 Å². The summed E-state index contributed by atoms with van der Waals surface area (Å²) >= 11 is 6.22. The number of fused-ring (bicyclic) bond motifs is 2. The number of pyridine rings is 1. The van der Waals surface area contributed by atoms with Gasteiger partial charge in [0.1, 0.15) is 10.0 Å². The number of amides is 1. The number of nitrogens with zero attached hydrogens (tertiary/aromatic N) is 5. The topological polar surface area (TPSA) is 121 Å². The first-order valence-corrected chi connectivity index (χ1v) is 13.0. The van der Waals surface area contributed by atoms with Gasteiger partial charge < -0.3 is 4.74 Å². The Morgan fingerprint density at radius 3 is 2.50 bits per heavy atom. The maximum atomic E-state index is 12.6. The summed E-state index contributed by atoms with van der Waals surface area (Å²) in [5.74, 6) is 2.16. The van der Waals surface area contributed by atoms with Crippen molar-refractivity contribution in [1.29, 1.82) is 0 Å². The Morgan fingerprint density at radius 1 is 1.18 bits per heavy atom.